The molecule has 1 aromatic carbocycles. The molecule has 0 heterocycles. The monoisotopic (exact) mass is 277 g/mol. The Balaban J connectivity index is 2.84. The van der Waals surface area contributed by atoms with Crippen molar-refractivity contribution >= 4 is 0 Å². The molecule has 1 rings (SSSR count). The van der Waals surface area contributed by atoms with Crippen molar-refractivity contribution in [2.24, 2.45) is 0 Å². The van der Waals surface area contributed by atoms with Crippen LogP contribution in [-0.2, 0) is 11.2 Å². The third kappa shape index (κ3) is 5.26. The highest BCUT2D eigenvalue weighted by Gasteiger charge is 2.20. The van der Waals surface area contributed by atoms with E-state index in [0.717, 1.165) is 32.2 Å². The number of nitrogens with one attached hydrogen (secondary N) is 1. The molecule has 0 radical (unpaired) electrons. The Kier molecular flexibility index (Phi) is 7.86. The van der Waals surface area contributed by atoms with Gasteiger partial charge in [0.2, 0.25) is 0 Å². The molecular weight excluding hydrogens is 246 g/mol. The van der Waals surface area contributed by atoms with E-state index < -0.39 is 0 Å². The van der Waals surface area contributed by atoms with E-state index in [1.54, 1.807) is 0 Å². The van der Waals surface area contributed by atoms with Crippen molar-refractivity contribution in [3.8, 4) is 0 Å². The topological polar surface area (TPSA) is 21.3 Å². The quantitative estimate of drug-likeness (QED) is 0.736. The lowest BCUT2D eigenvalue weighted by molar-refractivity contribution is 0.0608. The van der Waals surface area contributed by atoms with Crippen LogP contribution in [-0.4, -0.2) is 25.8 Å². The zero-order chi connectivity index (χ0) is 15.0. The molecule has 0 aliphatic carbocycles. The number of ether oxygens (including phenoxy) is 1. The molecule has 0 bridgehead atoms. The van der Waals surface area contributed by atoms with Gasteiger partial charge in [-0.2, -0.15) is 0 Å². The largest absolute Gasteiger partial charge is 0.380 e. The van der Waals surface area contributed by atoms with Crippen LogP contribution in [0.2, 0.25) is 0 Å². The van der Waals surface area contributed by atoms with Gasteiger partial charge in [0.25, 0.3) is 0 Å². The summed E-state index contributed by atoms with van der Waals surface area (Å²) in [5, 5.41) is 3.68. The average molecular weight is 277 g/mol. The number of aryl methyl sites for hydroxylation is 2. The van der Waals surface area contributed by atoms with Gasteiger partial charge in [-0.15, -0.1) is 0 Å². The van der Waals surface area contributed by atoms with Crippen LogP contribution >= 0.6 is 0 Å². The van der Waals surface area contributed by atoms with Gasteiger partial charge in [-0.3, -0.25) is 0 Å². The molecule has 0 spiro atoms. The maximum Gasteiger partial charge on any atom is 0.0727 e. The Morgan fingerprint density at radius 3 is 2.50 bits per heavy atom. The molecule has 2 heteroatoms. The van der Waals surface area contributed by atoms with Crippen LogP contribution in [0.5, 0.6) is 0 Å². The lowest BCUT2D eigenvalue weighted by atomic mass is 9.94. The fraction of sp³-hybridized carbons (Fsp3) is 0.667. The van der Waals surface area contributed by atoms with E-state index >= 15 is 0 Å². The van der Waals surface area contributed by atoms with Crippen molar-refractivity contribution in [3.63, 3.8) is 0 Å². The fourth-order valence-corrected chi connectivity index (χ4v) is 2.69. The van der Waals surface area contributed by atoms with Crippen molar-refractivity contribution < 1.29 is 4.74 Å². The second-order valence-corrected chi connectivity index (χ2v) is 5.76. The van der Waals surface area contributed by atoms with E-state index in [2.05, 4.69) is 51.2 Å². The molecule has 2 nitrogen and oxygen atoms in total. The molecule has 0 fully saturated rings. The second kappa shape index (κ2) is 9.15. The van der Waals surface area contributed by atoms with E-state index in [4.69, 9.17) is 4.74 Å². The maximum absolute atomic E-state index is 5.73. The lowest BCUT2D eigenvalue weighted by Crippen LogP contribution is -2.43. The predicted molar refractivity (Wildman–Crippen MR) is 87.4 cm³/mol. The second-order valence-electron chi connectivity index (χ2n) is 5.76. The van der Waals surface area contributed by atoms with E-state index in [1.165, 1.54) is 16.7 Å². The number of methoxy groups -OCH3 is 1. The first-order valence-corrected chi connectivity index (χ1v) is 7.94. The minimum atomic E-state index is 0.298. The number of hydrogen-bond acceptors (Lipinski definition) is 2. The van der Waals surface area contributed by atoms with E-state index in [9.17, 15) is 0 Å². The zero-order valence-corrected chi connectivity index (χ0v) is 13.8. The van der Waals surface area contributed by atoms with Crippen molar-refractivity contribution in [1.29, 1.82) is 0 Å². The highest BCUT2D eigenvalue weighted by molar-refractivity contribution is 5.31. The van der Waals surface area contributed by atoms with Crippen molar-refractivity contribution in [3.05, 3.63) is 34.9 Å². The molecule has 0 saturated heterocycles. The summed E-state index contributed by atoms with van der Waals surface area (Å²) in [6, 6.07) is 7.13. The highest BCUT2D eigenvalue weighted by Crippen LogP contribution is 2.17. The first kappa shape index (κ1) is 17.2. The Labute approximate surface area is 124 Å². The Morgan fingerprint density at radius 2 is 1.90 bits per heavy atom. The normalized spacial score (nSPS) is 14.2. The molecule has 0 aromatic heterocycles. The van der Waals surface area contributed by atoms with Gasteiger partial charge in [-0.25, -0.2) is 0 Å². The molecule has 0 aliphatic heterocycles. The molecule has 114 valence electrons. The van der Waals surface area contributed by atoms with E-state index in [1.807, 2.05) is 7.11 Å². The van der Waals surface area contributed by atoms with Gasteiger partial charge in [-0.05, 0) is 50.8 Å². The van der Waals surface area contributed by atoms with E-state index in [-0.39, 0.29) is 0 Å². The molecule has 1 aromatic rings. The Bertz CT molecular complexity index is 389. The summed E-state index contributed by atoms with van der Waals surface area (Å²) in [6.07, 6.45) is 4.78. The summed E-state index contributed by atoms with van der Waals surface area (Å²) < 4.78 is 5.73. The van der Waals surface area contributed by atoms with Gasteiger partial charge in [0, 0.05) is 13.2 Å². The smallest absolute Gasteiger partial charge is 0.0727 e. The van der Waals surface area contributed by atoms with Crippen LogP contribution in [0.4, 0.5) is 0 Å². The SMILES string of the molecule is CCCNC(Cc1cc(C)ccc1C)C(CCC)OC. The third-order valence-corrected chi connectivity index (χ3v) is 3.93. The van der Waals surface area contributed by atoms with Gasteiger partial charge in [-0.1, -0.05) is 44.0 Å². The third-order valence-electron chi connectivity index (χ3n) is 3.93. The van der Waals surface area contributed by atoms with Crippen LogP contribution in [0, 0.1) is 13.8 Å². The van der Waals surface area contributed by atoms with Crippen LogP contribution < -0.4 is 5.32 Å². The number of hydrogen-bond donors (Lipinski definition) is 1. The van der Waals surface area contributed by atoms with Crippen molar-refractivity contribution in [2.75, 3.05) is 13.7 Å². The van der Waals surface area contributed by atoms with Gasteiger partial charge in [0.15, 0.2) is 0 Å². The molecule has 20 heavy (non-hydrogen) atoms. The Hall–Kier alpha value is -0.860. The first-order valence-electron chi connectivity index (χ1n) is 7.94. The Morgan fingerprint density at radius 1 is 1.15 bits per heavy atom. The molecular formula is C18H31NO. The van der Waals surface area contributed by atoms with Crippen LogP contribution in [0.1, 0.15) is 49.8 Å². The summed E-state index contributed by atoms with van der Waals surface area (Å²) in [7, 11) is 1.84. The summed E-state index contributed by atoms with van der Waals surface area (Å²) >= 11 is 0. The number of rotatable bonds is 9. The van der Waals surface area contributed by atoms with Crippen molar-refractivity contribution in [2.45, 2.75) is 65.5 Å². The van der Waals surface area contributed by atoms with Gasteiger partial charge in [0.05, 0.1) is 6.10 Å². The van der Waals surface area contributed by atoms with Gasteiger partial charge in [0.1, 0.15) is 0 Å². The van der Waals surface area contributed by atoms with Gasteiger partial charge < -0.3 is 10.1 Å². The summed E-state index contributed by atoms with van der Waals surface area (Å²) in [5.74, 6) is 0. The zero-order valence-electron chi connectivity index (χ0n) is 13.8. The lowest BCUT2D eigenvalue weighted by Gasteiger charge is -2.28. The van der Waals surface area contributed by atoms with Gasteiger partial charge >= 0.3 is 0 Å². The molecule has 2 unspecified atom stereocenters. The van der Waals surface area contributed by atoms with Crippen LogP contribution in [0.15, 0.2) is 18.2 Å². The maximum atomic E-state index is 5.73. The van der Waals surface area contributed by atoms with Crippen LogP contribution in [0.25, 0.3) is 0 Å². The number of benzene rings is 1. The van der Waals surface area contributed by atoms with Crippen LogP contribution in [0.3, 0.4) is 0 Å². The summed E-state index contributed by atoms with van der Waals surface area (Å²) in [4.78, 5) is 0. The van der Waals surface area contributed by atoms with Crippen molar-refractivity contribution in [1.82, 2.24) is 5.32 Å². The molecule has 0 amide bonds. The fourth-order valence-electron chi connectivity index (χ4n) is 2.69. The molecule has 2 atom stereocenters. The molecule has 1 N–H and O–H groups in total. The highest BCUT2D eigenvalue weighted by atomic mass is 16.5. The minimum absolute atomic E-state index is 0.298. The predicted octanol–water partition coefficient (Wildman–Crippen LogP) is 4.03. The minimum Gasteiger partial charge on any atom is -0.380 e. The molecule has 0 saturated carbocycles. The summed E-state index contributed by atoms with van der Waals surface area (Å²) in [6.45, 7) is 9.86. The summed E-state index contributed by atoms with van der Waals surface area (Å²) in [5.41, 5.74) is 4.16. The first-order chi connectivity index (χ1) is 9.62. The van der Waals surface area contributed by atoms with E-state index in [0.29, 0.717) is 12.1 Å². The molecule has 0 aliphatic rings. The standard InChI is InChI=1S/C18H31NO/c1-6-8-18(20-5)17(19-11-7-2)13-16-12-14(3)9-10-15(16)4/h9-10,12,17-19H,6-8,11,13H2,1-5H3. The average Bonchev–Trinajstić information content (AvgIpc) is 2.44.